The predicted molar refractivity (Wildman–Crippen MR) is 331 cm³/mol. The Balaban J connectivity index is 0.952. The van der Waals surface area contributed by atoms with E-state index < -0.39 is 73.6 Å². The van der Waals surface area contributed by atoms with E-state index in [0.29, 0.717) is 0 Å². The summed E-state index contributed by atoms with van der Waals surface area (Å²) in [5, 5.41) is 7.87. The van der Waals surface area contributed by atoms with E-state index in [2.05, 4.69) is 16.0 Å². The van der Waals surface area contributed by atoms with Crippen LogP contribution in [0.2, 0.25) is 0 Å². The maximum Gasteiger partial charge on any atom is 0.332 e. The standard InChI is InChI=1S/C72H63N3O15/c76-67(55-34-19-37-61(82-40-49-22-7-1-8-23-49)64(55)85-43-52-28-13-4-14-29-52)73-58-46-88-71(80)60(75-69(78)57-36-21-39-63(84-42-51-26-11-3-12-27-51)66(57)87-45-54-32-17-6-18-33-54)48-90-72(81)59(47-89-70(58)79)74-68(77)56-35-20-38-62(83-41-50-24-9-2-10-25-50)65(56)86-44-53-30-15-5-16-31-53/h1-39,58-60H,40-48H2,(H,73,76)(H,74,77)(H,75,78). The average molecular weight is 1210 g/mol. The molecule has 9 aromatic carbocycles. The third kappa shape index (κ3) is 17.2. The van der Waals surface area contributed by atoms with E-state index in [0.717, 1.165) is 33.4 Å². The molecule has 0 radical (unpaired) electrons. The summed E-state index contributed by atoms with van der Waals surface area (Å²) in [7, 11) is 0. The second kappa shape index (κ2) is 31.3. The first-order chi connectivity index (χ1) is 44.1. The molecule has 3 amide bonds. The van der Waals surface area contributed by atoms with Crippen LogP contribution in [0.25, 0.3) is 0 Å². The SMILES string of the molecule is O=C(NC1COC(=O)C(NC(=O)c2cccc(OCc3ccccc3)c2OCc2ccccc2)COC(=O)C(NC(=O)c2cccc(OCc3ccccc3)c2OCc2ccccc2)COC1=O)c1cccc(OCc2ccccc2)c1OCc1ccccc1. The molecule has 10 rings (SSSR count). The highest BCUT2D eigenvalue weighted by Crippen LogP contribution is 2.36. The minimum absolute atomic E-state index is 0.0174. The summed E-state index contributed by atoms with van der Waals surface area (Å²) in [6.07, 6.45) is 0. The third-order valence-corrected chi connectivity index (χ3v) is 14.0. The fourth-order valence-corrected chi connectivity index (χ4v) is 9.28. The monoisotopic (exact) mass is 1210 g/mol. The number of rotatable bonds is 24. The van der Waals surface area contributed by atoms with Gasteiger partial charge in [-0.25, -0.2) is 14.4 Å². The maximum atomic E-state index is 14.7. The fourth-order valence-electron chi connectivity index (χ4n) is 9.28. The van der Waals surface area contributed by atoms with E-state index >= 15 is 0 Å². The van der Waals surface area contributed by atoms with Gasteiger partial charge in [0.25, 0.3) is 17.7 Å². The number of benzene rings is 9. The topological polar surface area (TPSA) is 222 Å². The average Bonchev–Trinajstić information content (AvgIpc) is 1.59. The van der Waals surface area contributed by atoms with Crippen LogP contribution in [0.4, 0.5) is 0 Å². The molecule has 0 bridgehead atoms. The largest absolute Gasteiger partial charge is 0.485 e. The van der Waals surface area contributed by atoms with Crippen molar-refractivity contribution in [1.29, 1.82) is 0 Å². The van der Waals surface area contributed by atoms with E-state index in [-0.39, 0.29) is 90.8 Å². The molecule has 18 heteroatoms. The molecule has 0 spiro atoms. The Morgan fingerprint density at radius 3 is 0.722 bits per heavy atom. The summed E-state index contributed by atoms with van der Waals surface area (Å²) in [4.78, 5) is 87.5. The minimum atomic E-state index is -1.78. The van der Waals surface area contributed by atoms with Crippen LogP contribution >= 0.6 is 0 Å². The van der Waals surface area contributed by atoms with Gasteiger partial charge in [-0.05, 0) is 69.8 Å². The zero-order valence-corrected chi connectivity index (χ0v) is 48.7. The van der Waals surface area contributed by atoms with E-state index in [9.17, 15) is 28.8 Å². The molecular formula is C72H63N3O15. The van der Waals surface area contributed by atoms with Crippen molar-refractivity contribution in [3.63, 3.8) is 0 Å². The summed E-state index contributed by atoms with van der Waals surface area (Å²) < 4.78 is 54.8. The van der Waals surface area contributed by atoms with Crippen molar-refractivity contribution in [1.82, 2.24) is 16.0 Å². The Bertz CT molecular complexity index is 3460. The van der Waals surface area contributed by atoms with E-state index in [1.807, 2.05) is 182 Å². The first kappa shape index (κ1) is 61.7. The van der Waals surface area contributed by atoms with Gasteiger partial charge in [0, 0.05) is 0 Å². The highest BCUT2D eigenvalue weighted by Gasteiger charge is 2.36. The molecule has 0 aliphatic carbocycles. The van der Waals surface area contributed by atoms with Crippen LogP contribution < -0.4 is 44.4 Å². The molecule has 9 aromatic rings. The van der Waals surface area contributed by atoms with Crippen LogP contribution in [-0.4, -0.2) is 73.6 Å². The Morgan fingerprint density at radius 2 is 0.500 bits per heavy atom. The Kier molecular flexibility index (Phi) is 21.5. The van der Waals surface area contributed by atoms with E-state index in [1.54, 1.807) is 36.4 Å². The molecule has 0 aromatic heterocycles. The van der Waals surface area contributed by atoms with Gasteiger partial charge in [-0.3, -0.25) is 14.4 Å². The lowest BCUT2D eigenvalue weighted by Crippen LogP contribution is -2.52. The van der Waals surface area contributed by atoms with Gasteiger partial charge in [0.1, 0.15) is 59.5 Å². The number of carbonyl (C=O) groups is 6. The molecule has 1 heterocycles. The Morgan fingerprint density at radius 1 is 0.289 bits per heavy atom. The molecule has 1 fully saturated rings. The second-order valence-corrected chi connectivity index (χ2v) is 20.5. The Hall–Kier alpha value is -11.4. The lowest BCUT2D eigenvalue weighted by atomic mass is 10.1. The van der Waals surface area contributed by atoms with Crippen molar-refractivity contribution < 1.29 is 71.4 Å². The molecule has 3 atom stereocenters. The lowest BCUT2D eigenvalue weighted by molar-refractivity contribution is -0.160. The molecule has 0 saturated carbocycles. The number of hydrogen-bond acceptors (Lipinski definition) is 15. The van der Waals surface area contributed by atoms with Crippen molar-refractivity contribution in [2.24, 2.45) is 0 Å². The number of carbonyl (C=O) groups excluding carboxylic acids is 6. The molecule has 90 heavy (non-hydrogen) atoms. The zero-order chi connectivity index (χ0) is 62.3. The number of nitrogens with one attached hydrogen (secondary N) is 3. The lowest BCUT2D eigenvalue weighted by Gasteiger charge is -2.25. The maximum absolute atomic E-state index is 14.7. The van der Waals surface area contributed by atoms with Gasteiger partial charge in [-0.2, -0.15) is 0 Å². The number of para-hydroxylation sites is 3. The summed E-state index contributed by atoms with van der Waals surface area (Å²) >= 11 is 0. The molecule has 3 N–H and O–H groups in total. The van der Waals surface area contributed by atoms with Gasteiger partial charge >= 0.3 is 17.9 Å². The number of esters is 3. The highest BCUT2D eigenvalue weighted by molar-refractivity contribution is 6.02. The summed E-state index contributed by atoms with van der Waals surface area (Å²) in [6.45, 7) is -2.20. The minimum Gasteiger partial charge on any atom is -0.485 e. The van der Waals surface area contributed by atoms with E-state index in [1.165, 1.54) is 18.2 Å². The van der Waals surface area contributed by atoms with Crippen molar-refractivity contribution in [3.8, 4) is 34.5 Å². The van der Waals surface area contributed by atoms with Gasteiger partial charge in [0.05, 0.1) is 16.7 Å². The van der Waals surface area contributed by atoms with Crippen molar-refractivity contribution >= 4 is 35.6 Å². The number of hydrogen-bond donors (Lipinski definition) is 3. The molecule has 1 saturated heterocycles. The molecule has 1 aliphatic heterocycles. The fraction of sp³-hybridized carbons (Fsp3) is 0.167. The van der Waals surface area contributed by atoms with E-state index in [4.69, 9.17) is 42.6 Å². The summed E-state index contributed by atoms with van der Waals surface area (Å²) in [5.41, 5.74) is 4.63. The van der Waals surface area contributed by atoms with Crippen LogP contribution in [-0.2, 0) is 68.2 Å². The van der Waals surface area contributed by atoms with Crippen LogP contribution in [0.15, 0.2) is 237 Å². The van der Waals surface area contributed by atoms with Crippen LogP contribution in [0.5, 0.6) is 34.5 Å². The number of amides is 3. The number of cyclic esters (lactones) is 3. The van der Waals surface area contributed by atoms with Crippen LogP contribution in [0, 0.1) is 0 Å². The van der Waals surface area contributed by atoms with Crippen molar-refractivity contribution in [3.05, 3.63) is 287 Å². The van der Waals surface area contributed by atoms with Gasteiger partial charge in [-0.15, -0.1) is 0 Å². The van der Waals surface area contributed by atoms with Gasteiger partial charge in [-0.1, -0.05) is 200 Å². The normalized spacial score (nSPS) is 14.9. The van der Waals surface area contributed by atoms with Gasteiger partial charge in [0.2, 0.25) is 0 Å². The van der Waals surface area contributed by atoms with Crippen LogP contribution in [0.1, 0.15) is 64.5 Å². The quantitative estimate of drug-likeness (QED) is 0.0378. The first-order valence-corrected chi connectivity index (χ1v) is 28.9. The zero-order valence-electron chi connectivity index (χ0n) is 48.7. The van der Waals surface area contributed by atoms with Crippen molar-refractivity contribution in [2.75, 3.05) is 19.8 Å². The third-order valence-electron chi connectivity index (χ3n) is 14.0. The Labute approximate surface area is 519 Å². The summed E-state index contributed by atoms with van der Waals surface area (Å²) in [5.74, 6) is -5.50. The smallest absolute Gasteiger partial charge is 0.332 e. The summed E-state index contributed by atoms with van der Waals surface area (Å²) in [6, 6.07) is 64.4. The molecule has 3 unspecified atom stereocenters. The predicted octanol–water partition coefficient (Wildman–Crippen LogP) is 10.5. The first-order valence-electron chi connectivity index (χ1n) is 28.9. The highest BCUT2D eigenvalue weighted by atomic mass is 16.6. The second-order valence-electron chi connectivity index (χ2n) is 20.5. The molecule has 456 valence electrons. The van der Waals surface area contributed by atoms with Gasteiger partial charge < -0.3 is 58.6 Å². The molecule has 18 nitrogen and oxygen atoms in total. The molecule has 1 aliphatic rings. The number of ether oxygens (including phenoxy) is 9. The molecular weight excluding hydrogens is 1150 g/mol. The van der Waals surface area contributed by atoms with Crippen molar-refractivity contribution in [2.45, 2.75) is 57.8 Å². The van der Waals surface area contributed by atoms with Crippen LogP contribution in [0.3, 0.4) is 0 Å². The van der Waals surface area contributed by atoms with Gasteiger partial charge in [0.15, 0.2) is 52.6 Å².